The molecule has 136 valence electrons. The van der Waals surface area contributed by atoms with Crippen LogP contribution < -0.4 is 16.0 Å². The Morgan fingerprint density at radius 1 is 1.12 bits per heavy atom. The lowest BCUT2D eigenvalue weighted by Gasteiger charge is -2.23. The van der Waals surface area contributed by atoms with Crippen molar-refractivity contribution in [3.63, 3.8) is 0 Å². The maximum absolute atomic E-state index is 12.5. The molecular weight excluding hydrogens is 338 g/mol. The number of halogens is 1. The molecule has 2 aliphatic rings. The Morgan fingerprint density at radius 2 is 1.92 bits per heavy atom. The van der Waals surface area contributed by atoms with Crippen LogP contribution in [0.5, 0.6) is 0 Å². The van der Waals surface area contributed by atoms with Crippen LogP contribution in [0.15, 0.2) is 18.2 Å². The summed E-state index contributed by atoms with van der Waals surface area (Å²) in [5.74, 6) is -0.203. The molecule has 1 atom stereocenters. The van der Waals surface area contributed by atoms with Crippen molar-refractivity contribution >= 4 is 29.1 Å². The first-order valence-electron chi connectivity index (χ1n) is 9.25. The first kappa shape index (κ1) is 18.2. The maximum atomic E-state index is 12.5. The number of benzene rings is 1. The Labute approximate surface area is 153 Å². The molecule has 0 spiro atoms. The summed E-state index contributed by atoms with van der Waals surface area (Å²) in [6.07, 6.45) is 8.19. The Balaban J connectivity index is 1.60. The van der Waals surface area contributed by atoms with Gasteiger partial charge >= 0.3 is 0 Å². The summed E-state index contributed by atoms with van der Waals surface area (Å²) in [6, 6.07) is 5.55. The van der Waals surface area contributed by atoms with Crippen molar-refractivity contribution in [2.45, 2.75) is 63.5 Å². The van der Waals surface area contributed by atoms with Crippen LogP contribution in [0.3, 0.4) is 0 Å². The minimum atomic E-state index is -0.162. The highest BCUT2D eigenvalue weighted by Crippen LogP contribution is 2.23. The first-order valence-corrected chi connectivity index (χ1v) is 9.63. The SMILES string of the molecule is O=C(CC1CCCN1)Nc1ccc(Cl)c(C(=O)NC2CCCCC2)c1. The van der Waals surface area contributed by atoms with Crippen LogP contribution in [-0.4, -0.2) is 30.4 Å². The second-order valence-electron chi connectivity index (χ2n) is 7.05. The third kappa shape index (κ3) is 5.19. The average molecular weight is 364 g/mol. The number of hydrogen-bond donors (Lipinski definition) is 3. The van der Waals surface area contributed by atoms with Gasteiger partial charge in [-0.3, -0.25) is 9.59 Å². The summed E-state index contributed by atoms with van der Waals surface area (Å²) in [4.78, 5) is 24.7. The standard InChI is InChI=1S/C19H26ClN3O2/c20-17-9-8-15(22-18(24)12-14-7-4-10-21-14)11-16(17)19(25)23-13-5-2-1-3-6-13/h8-9,11,13-14,21H,1-7,10,12H2,(H,22,24)(H,23,25). The van der Waals surface area contributed by atoms with E-state index in [1.54, 1.807) is 18.2 Å². The van der Waals surface area contributed by atoms with Crippen LogP contribution in [-0.2, 0) is 4.79 Å². The molecule has 1 aromatic carbocycles. The average Bonchev–Trinajstić information content (AvgIpc) is 3.10. The normalized spacial score (nSPS) is 21.1. The topological polar surface area (TPSA) is 70.2 Å². The third-order valence-electron chi connectivity index (χ3n) is 5.03. The van der Waals surface area contributed by atoms with Crippen LogP contribution in [0, 0.1) is 0 Å². The van der Waals surface area contributed by atoms with E-state index in [2.05, 4.69) is 16.0 Å². The minimum Gasteiger partial charge on any atom is -0.349 e. The molecule has 0 bridgehead atoms. The van der Waals surface area contributed by atoms with E-state index in [1.165, 1.54) is 6.42 Å². The van der Waals surface area contributed by atoms with Crippen molar-refractivity contribution in [2.75, 3.05) is 11.9 Å². The van der Waals surface area contributed by atoms with Crippen LogP contribution in [0.1, 0.15) is 61.7 Å². The van der Waals surface area contributed by atoms with E-state index in [-0.39, 0.29) is 23.9 Å². The smallest absolute Gasteiger partial charge is 0.253 e. The number of rotatable bonds is 5. The van der Waals surface area contributed by atoms with Gasteiger partial charge in [0.2, 0.25) is 5.91 Å². The summed E-state index contributed by atoms with van der Waals surface area (Å²) in [5.41, 5.74) is 1.03. The van der Waals surface area contributed by atoms with Gasteiger partial charge in [0, 0.05) is 24.2 Å². The van der Waals surface area contributed by atoms with Crippen molar-refractivity contribution in [3.05, 3.63) is 28.8 Å². The van der Waals surface area contributed by atoms with Gasteiger partial charge in [-0.1, -0.05) is 30.9 Å². The molecule has 2 fully saturated rings. The van der Waals surface area contributed by atoms with Crippen molar-refractivity contribution in [1.29, 1.82) is 0 Å². The largest absolute Gasteiger partial charge is 0.349 e. The van der Waals surface area contributed by atoms with Crippen LogP contribution >= 0.6 is 11.6 Å². The molecule has 0 aromatic heterocycles. The highest BCUT2D eigenvalue weighted by molar-refractivity contribution is 6.34. The second-order valence-corrected chi connectivity index (χ2v) is 7.46. The number of carbonyl (C=O) groups is 2. The second kappa shape index (κ2) is 8.68. The summed E-state index contributed by atoms with van der Waals surface area (Å²) >= 11 is 6.20. The van der Waals surface area contributed by atoms with Gasteiger partial charge in [-0.2, -0.15) is 0 Å². The van der Waals surface area contributed by atoms with Crippen molar-refractivity contribution in [1.82, 2.24) is 10.6 Å². The van der Waals surface area contributed by atoms with Gasteiger partial charge in [0.1, 0.15) is 0 Å². The predicted molar refractivity (Wildman–Crippen MR) is 100 cm³/mol. The molecule has 6 heteroatoms. The zero-order valence-electron chi connectivity index (χ0n) is 14.4. The van der Waals surface area contributed by atoms with E-state index >= 15 is 0 Å². The number of carbonyl (C=O) groups excluding carboxylic acids is 2. The van der Waals surface area contributed by atoms with E-state index in [4.69, 9.17) is 11.6 Å². The number of hydrogen-bond acceptors (Lipinski definition) is 3. The fraction of sp³-hybridized carbons (Fsp3) is 0.579. The van der Waals surface area contributed by atoms with Gasteiger partial charge in [0.25, 0.3) is 5.91 Å². The molecular formula is C19H26ClN3O2. The lowest BCUT2D eigenvalue weighted by Crippen LogP contribution is -2.36. The monoisotopic (exact) mass is 363 g/mol. The fourth-order valence-electron chi connectivity index (χ4n) is 3.65. The lowest BCUT2D eigenvalue weighted by molar-refractivity contribution is -0.116. The molecule has 5 nitrogen and oxygen atoms in total. The van der Waals surface area contributed by atoms with E-state index in [1.807, 2.05) is 0 Å². The third-order valence-corrected chi connectivity index (χ3v) is 5.36. The van der Waals surface area contributed by atoms with Gasteiger partial charge in [0.15, 0.2) is 0 Å². The fourth-order valence-corrected chi connectivity index (χ4v) is 3.86. The van der Waals surface area contributed by atoms with Gasteiger partial charge < -0.3 is 16.0 Å². The molecule has 1 saturated carbocycles. The molecule has 1 heterocycles. The predicted octanol–water partition coefficient (Wildman–Crippen LogP) is 3.48. The highest BCUT2D eigenvalue weighted by atomic mass is 35.5. The quantitative estimate of drug-likeness (QED) is 0.750. The van der Waals surface area contributed by atoms with Crippen LogP contribution in [0.25, 0.3) is 0 Å². The number of anilines is 1. The summed E-state index contributed by atoms with van der Waals surface area (Å²) in [7, 11) is 0. The van der Waals surface area contributed by atoms with Crippen molar-refractivity contribution in [3.8, 4) is 0 Å². The van der Waals surface area contributed by atoms with Crippen LogP contribution in [0.2, 0.25) is 5.02 Å². The molecule has 1 saturated heterocycles. The zero-order chi connectivity index (χ0) is 17.6. The van der Waals surface area contributed by atoms with Gasteiger partial charge in [0.05, 0.1) is 10.6 Å². The van der Waals surface area contributed by atoms with E-state index in [0.717, 1.165) is 45.1 Å². The summed E-state index contributed by atoms with van der Waals surface area (Å²) < 4.78 is 0. The van der Waals surface area contributed by atoms with Crippen molar-refractivity contribution < 1.29 is 9.59 Å². The van der Waals surface area contributed by atoms with E-state index in [0.29, 0.717) is 22.7 Å². The van der Waals surface area contributed by atoms with E-state index < -0.39 is 0 Å². The Morgan fingerprint density at radius 3 is 2.64 bits per heavy atom. The number of nitrogens with one attached hydrogen (secondary N) is 3. The Hall–Kier alpha value is -1.59. The summed E-state index contributed by atoms with van der Waals surface area (Å²) in [5, 5.41) is 9.66. The van der Waals surface area contributed by atoms with E-state index in [9.17, 15) is 9.59 Å². The van der Waals surface area contributed by atoms with Gasteiger partial charge in [-0.15, -0.1) is 0 Å². The number of amides is 2. The highest BCUT2D eigenvalue weighted by Gasteiger charge is 2.20. The van der Waals surface area contributed by atoms with Crippen molar-refractivity contribution in [2.24, 2.45) is 0 Å². The molecule has 1 aliphatic carbocycles. The molecule has 1 aliphatic heterocycles. The molecule has 3 N–H and O–H groups in total. The minimum absolute atomic E-state index is 0.0413. The first-order chi connectivity index (χ1) is 12.1. The van der Waals surface area contributed by atoms with Gasteiger partial charge in [-0.05, 0) is 50.4 Å². The summed E-state index contributed by atoms with van der Waals surface area (Å²) in [6.45, 7) is 0.977. The maximum Gasteiger partial charge on any atom is 0.253 e. The molecule has 0 radical (unpaired) electrons. The zero-order valence-corrected chi connectivity index (χ0v) is 15.2. The molecule has 1 unspecified atom stereocenters. The Kier molecular flexibility index (Phi) is 6.32. The van der Waals surface area contributed by atoms with Gasteiger partial charge in [-0.25, -0.2) is 0 Å². The molecule has 1 aromatic rings. The molecule has 3 rings (SSSR count). The van der Waals surface area contributed by atoms with Crippen LogP contribution in [0.4, 0.5) is 5.69 Å². The molecule has 25 heavy (non-hydrogen) atoms. The Bertz CT molecular complexity index is 623. The molecule has 2 amide bonds. The lowest BCUT2D eigenvalue weighted by atomic mass is 9.95.